The van der Waals surface area contributed by atoms with E-state index in [-0.39, 0.29) is 12.5 Å². The Bertz CT molecular complexity index is 681. The van der Waals surface area contributed by atoms with Crippen LogP contribution in [0.5, 0.6) is 0 Å². The van der Waals surface area contributed by atoms with Gasteiger partial charge < -0.3 is 10.0 Å². The summed E-state index contributed by atoms with van der Waals surface area (Å²) >= 11 is 0. The summed E-state index contributed by atoms with van der Waals surface area (Å²) in [6, 6.07) is 9.49. The third-order valence-corrected chi connectivity index (χ3v) is 3.95. The Hall–Kier alpha value is -2.63. The number of amides is 1. The number of carboxylic acids is 1. The van der Waals surface area contributed by atoms with Crippen molar-refractivity contribution in [2.45, 2.75) is 12.8 Å². The molecule has 114 valence electrons. The molecule has 1 aliphatic heterocycles. The van der Waals surface area contributed by atoms with Gasteiger partial charge in [0.15, 0.2) is 0 Å². The zero-order valence-corrected chi connectivity index (χ0v) is 12.1. The second kappa shape index (κ2) is 6.01. The van der Waals surface area contributed by atoms with Crippen molar-refractivity contribution in [1.29, 1.82) is 0 Å². The van der Waals surface area contributed by atoms with Crippen LogP contribution in [-0.4, -0.2) is 44.5 Å². The van der Waals surface area contributed by atoms with E-state index in [1.807, 2.05) is 30.3 Å². The summed E-state index contributed by atoms with van der Waals surface area (Å²) in [6.07, 6.45) is 4.46. The van der Waals surface area contributed by atoms with Crippen LogP contribution in [0.4, 0.5) is 0 Å². The van der Waals surface area contributed by atoms with Gasteiger partial charge in [0, 0.05) is 18.8 Å². The molecule has 0 unspecified atom stereocenters. The van der Waals surface area contributed by atoms with Crippen LogP contribution in [0.25, 0.3) is 5.69 Å². The van der Waals surface area contributed by atoms with Crippen LogP contribution in [0.1, 0.15) is 23.3 Å². The summed E-state index contributed by atoms with van der Waals surface area (Å²) in [4.78, 5) is 29.5. The van der Waals surface area contributed by atoms with E-state index in [4.69, 9.17) is 5.11 Å². The molecule has 0 aliphatic carbocycles. The second-order valence-electron chi connectivity index (χ2n) is 5.41. The number of nitrogens with zero attached hydrogens (tertiary/aromatic N) is 3. The number of imidazole rings is 1. The predicted molar refractivity (Wildman–Crippen MR) is 79.8 cm³/mol. The molecule has 2 heterocycles. The number of para-hydroxylation sites is 1. The molecule has 1 aromatic heterocycles. The number of rotatable bonds is 3. The van der Waals surface area contributed by atoms with Gasteiger partial charge in [0.05, 0.1) is 18.4 Å². The number of likely N-dealkylation sites (tertiary alicyclic amines) is 1. The number of aromatic nitrogens is 2. The van der Waals surface area contributed by atoms with E-state index in [0.29, 0.717) is 25.1 Å². The summed E-state index contributed by atoms with van der Waals surface area (Å²) in [5, 5.41) is 9.15. The van der Waals surface area contributed by atoms with Crippen molar-refractivity contribution in [3.05, 3.63) is 48.5 Å². The first-order chi connectivity index (χ1) is 10.7. The molecule has 6 nitrogen and oxygen atoms in total. The maximum atomic E-state index is 12.7. The lowest BCUT2D eigenvalue weighted by Crippen LogP contribution is -2.42. The molecule has 1 amide bonds. The standard InChI is InChI=1S/C16H17N3O3/c20-15(18-8-4-5-12(10-18)16(21)22)14-9-17-11-19(14)13-6-2-1-3-7-13/h1-3,6-7,9,11-12H,4-5,8,10H2,(H,21,22)/t12-/m0/s1. The average Bonchev–Trinajstić information content (AvgIpc) is 3.04. The van der Waals surface area contributed by atoms with Gasteiger partial charge in [-0.25, -0.2) is 4.98 Å². The van der Waals surface area contributed by atoms with Gasteiger partial charge in [-0.15, -0.1) is 0 Å². The van der Waals surface area contributed by atoms with Crippen LogP contribution in [0.3, 0.4) is 0 Å². The Morgan fingerprint density at radius 1 is 1.23 bits per heavy atom. The first-order valence-corrected chi connectivity index (χ1v) is 7.26. The van der Waals surface area contributed by atoms with Gasteiger partial charge in [0.2, 0.25) is 0 Å². The van der Waals surface area contributed by atoms with Gasteiger partial charge in [0.25, 0.3) is 5.91 Å². The molecule has 3 rings (SSSR count). The average molecular weight is 299 g/mol. The van der Waals surface area contributed by atoms with E-state index in [1.165, 1.54) is 6.20 Å². The quantitative estimate of drug-likeness (QED) is 0.938. The summed E-state index contributed by atoms with van der Waals surface area (Å²) in [7, 11) is 0. The number of carbonyl (C=O) groups is 2. The number of hydrogen-bond acceptors (Lipinski definition) is 3. The van der Waals surface area contributed by atoms with Gasteiger partial charge in [0.1, 0.15) is 5.69 Å². The molecular weight excluding hydrogens is 282 g/mol. The van der Waals surface area contributed by atoms with Crippen molar-refractivity contribution >= 4 is 11.9 Å². The first-order valence-electron chi connectivity index (χ1n) is 7.26. The molecule has 22 heavy (non-hydrogen) atoms. The Kier molecular flexibility index (Phi) is 3.91. The number of aliphatic carboxylic acids is 1. The summed E-state index contributed by atoms with van der Waals surface area (Å²) in [6.45, 7) is 0.844. The normalized spacial score (nSPS) is 18.2. The zero-order valence-electron chi connectivity index (χ0n) is 12.1. The minimum atomic E-state index is -0.839. The minimum Gasteiger partial charge on any atom is -0.481 e. The summed E-state index contributed by atoms with van der Waals surface area (Å²) < 4.78 is 1.73. The lowest BCUT2D eigenvalue weighted by Gasteiger charge is -2.30. The highest BCUT2D eigenvalue weighted by atomic mass is 16.4. The highest BCUT2D eigenvalue weighted by Gasteiger charge is 2.30. The molecule has 1 atom stereocenters. The Labute approximate surface area is 128 Å². The maximum absolute atomic E-state index is 12.7. The monoisotopic (exact) mass is 299 g/mol. The highest BCUT2D eigenvalue weighted by molar-refractivity contribution is 5.93. The third kappa shape index (κ3) is 2.72. The van der Waals surface area contributed by atoms with Crippen molar-refractivity contribution in [3.63, 3.8) is 0 Å². The fourth-order valence-electron chi connectivity index (χ4n) is 2.77. The number of piperidine rings is 1. The first kappa shape index (κ1) is 14.3. The molecule has 1 N–H and O–H groups in total. The molecule has 1 aliphatic rings. The van der Waals surface area contributed by atoms with Crippen LogP contribution < -0.4 is 0 Å². The van der Waals surface area contributed by atoms with Crippen molar-refractivity contribution in [2.24, 2.45) is 5.92 Å². The highest BCUT2D eigenvalue weighted by Crippen LogP contribution is 2.20. The number of carbonyl (C=O) groups excluding carboxylic acids is 1. The van der Waals surface area contributed by atoms with E-state index in [2.05, 4.69) is 4.98 Å². The van der Waals surface area contributed by atoms with E-state index in [9.17, 15) is 9.59 Å². The maximum Gasteiger partial charge on any atom is 0.308 e. The Morgan fingerprint density at radius 3 is 2.73 bits per heavy atom. The van der Waals surface area contributed by atoms with Gasteiger partial charge in [-0.05, 0) is 25.0 Å². The largest absolute Gasteiger partial charge is 0.481 e. The van der Waals surface area contributed by atoms with Crippen molar-refractivity contribution in [1.82, 2.24) is 14.5 Å². The lowest BCUT2D eigenvalue weighted by molar-refractivity contribution is -0.143. The fourth-order valence-corrected chi connectivity index (χ4v) is 2.77. The number of hydrogen-bond donors (Lipinski definition) is 1. The van der Waals surface area contributed by atoms with Crippen LogP contribution in [0, 0.1) is 5.92 Å². The number of carboxylic acid groups (broad SMARTS) is 1. The van der Waals surface area contributed by atoms with E-state index in [1.54, 1.807) is 15.8 Å². The third-order valence-electron chi connectivity index (χ3n) is 3.95. The minimum absolute atomic E-state index is 0.174. The Morgan fingerprint density at radius 2 is 2.00 bits per heavy atom. The van der Waals surface area contributed by atoms with Crippen molar-refractivity contribution in [2.75, 3.05) is 13.1 Å². The SMILES string of the molecule is O=C(O)[C@H]1CCCN(C(=O)c2cncn2-c2ccccc2)C1. The van der Waals surface area contributed by atoms with Crippen molar-refractivity contribution < 1.29 is 14.7 Å². The van der Waals surface area contributed by atoms with Gasteiger partial charge in [-0.2, -0.15) is 0 Å². The van der Waals surface area contributed by atoms with Crippen molar-refractivity contribution in [3.8, 4) is 5.69 Å². The van der Waals surface area contributed by atoms with E-state index >= 15 is 0 Å². The van der Waals surface area contributed by atoms with Gasteiger partial charge in [-0.3, -0.25) is 14.2 Å². The van der Waals surface area contributed by atoms with E-state index < -0.39 is 11.9 Å². The molecule has 6 heteroatoms. The molecule has 1 aromatic carbocycles. The smallest absolute Gasteiger partial charge is 0.308 e. The molecule has 0 spiro atoms. The summed E-state index contributed by atoms with van der Waals surface area (Å²) in [5.41, 5.74) is 1.31. The molecule has 1 saturated heterocycles. The van der Waals surface area contributed by atoms with E-state index in [0.717, 1.165) is 5.69 Å². The topological polar surface area (TPSA) is 75.4 Å². The molecule has 1 fully saturated rings. The summed E-state index contributed by atoms with van der Waals surface area (Å²) in [5.74, 6) is -1.49. The van der Waals surface area contributed by atoms with Gasteiger partial charge in [-0.1, -0.05) is 18.2 Å². The Balaban J connectivity index is 1.84. The molecule has 2 aromatic rings. The molecule has 0 radical (unpaired) electrons. The van der Waals surface area contributed by atoms with Crippen LogP contribution in [-0.2, 0) is 4.79 Å². The number of benzene rings is 1. The molecule has 0 saturated carbocycles. The predicted octanol–water partition coefficient (Wildman–Crippen LogP) is 1.81. The zero-order chi connectivity index (χ0) is 15.5. The van der Waals surface area contributed by atoms with Crippen LogP contribution >= 0.6 is 0 Å². The molecular formula is C16H17N3O3. The second-order valence-corrected chi connectivity index (χ2v) is 5.41. The van der Waals surface area contributed by atoms with Crippen LogP contribution in [0.15, 0.2) is 42.9 Å². The molecule has 0 bridgehead atoms. The van der Waals surface area contributed by atoms with Gasteiger partial charge >= 0.3 is 5.97 Å². The fraction of sp³-hybridized carbons (Fsp3) is 0.312. The lowest BCUT2D eigenvalue weighted by atomic mass is 9.98. The van der Waals surface area contributed by atoms with Crippen LogP contribution in [0.2, 0.25) is 0 Å².